The van der Waals surface area contributed by atoms with Gasteiger partial charge in [0.25, 0.3) is 0 Å². The summed E-state index contributed by atoms with van der Waals surface area (Å²) in [7, 11) is 0. The largest absolute Gasteiger partial charge is 0.323 e. The Bertz CT molecular complexity index is 799. The molecule has 23 heavy (non-hydrogen) atoms. The molecule has 1 N–H and O–H groups in total. The fraction of sp³-hybridized carbons (Fsp3) is 0.111. The summed E-state index contributed by atoms with van der Waals surface area (Å²) in [5.41, 5.74) is 1.72. The Morgan fingerprint density at radius 3 is 2.57 bits per heavy atom. The monoisotopic (exact) mass is 323 g/mol. The van der Waals surface area contributed by atoms with Crippen LogP contribution in [-0.2, 0) is 11.3 Å². The number of amides is 1. The second-order valence-corrected chi connectivity index (χ2v) is 6.23. The van der Waals surface area contributed by atoms with E-state index < -0.39 is 0 Å². The van der Waals surface area contributed by atoms with E-state index in [0.717, 1.165) is 21.2 Å². The van der Waals surface area contributed by atoms with Crippen LogP contribution in [0.25, 0.3) is 0 Å². The molecule has 0 spiro atoms. The van der Waals surface area contributed by atoms with Crippen molar-refractivity contribution < 1.29 is 4.79 Å². The summed E-state index contributed by atoms with van der Waals surface area (Å²) in [4.78, 5) is 14.4. The molecule has 0 saturated heterocycles. The number of hydrogen-bond donors (Lipinski definition) is 1. The number of nitrogens with zero attached hydrogens (tertiary/aromatic N) is 2. The Balaban J connectivity index is 1.71. The number of aryl methyl sites for hydroxylation is 1. The first-order valence-electron chi connectivity index (χ1n) is 7.32. The number of aromatic nitrogens is 2. The average molecular weight is 323 g/mol. The van der Waals surface area contributed by atoms with Crippen molar-refractivity contribution in [2.24, 2.45) is 0 Å². The Hall–Kier alpha value is -2.53. The second-order valence-electron chi connectivity index (χ2n) is 5.11. The van der Waals surface area contributed by atoms with E-state index in [1.807, 2.05) is 55.5 Å². The number of benzene rings is 2. The lowest BCUT2D eigenvalue weighted by molar-refractivity contribution is -0.116. The number of para-hydroxylation sites is 1. The third kappa shape index (κ3) is 4.23. The van der Waals surface area contributed by atoms with E-state index in [2.05, 4.69) is 22.5 Å². The van der Waals surface area contributed by atoms with Crippen molar-refractivity contribution in [1.82, 2.24) is 9.78 Å². The van der Waals surface area contributed by atoms with Crippen molar-refractivity contribution in [1.29, 1.82) is 0 Å². The van der Waals surface area contributed by atoms with Crippen LogP contribution in [0, 0.1) is 6.92 Å². The molecule has 3 rings (SSSR count). The molecule has 2 aromatic carbocycles. The predicted octanol–water partition coefficient (Wildman–Crippen LogP) is 3.98. The standard InChI is InChI=1S/C18H17N3OS/c1-14-11-12-21(20-14)13-18(22)19-16-9-5-6-10-17(16)23-15-7-3-2-4-8-15/h2-12H,13H2,1H3,(H,19,22). The molecule has 4 nitrogen and oxygen atoms in total. The first kappa shape index (κ1) is 15.4. The quantitative estimate of drug-likeness (QED) is 0.772. The first-order valence-corrected chi connectivity index (χ1v) is 8.14. The van der Waals surface area contributed by atoms with Gasteiger partial charge in [0.1, 0.15) is 6.54 Å². The van der Waals surface area contributed by atoms with Crippen LogP contribution < -0.4 is 5.32 Å². The van der Waals surface area contributed by atoms with Crippen molar-refractivity contribution in [3.8, 4) is 0 Å². The van der Waals surface area contributed by atoms with Crippen LogP contribution in [0.3, 0.4) is 0 Å². The Morgan fingerprint density at radius 1 is 1.09 bits per heavy atom. The zero-order valence-corrected chi connectivity index (χ0v) is 13.6. The van der Waals surface area contributed by atoms with Gasteiger partial charge in [-0.2, -0.15) is 5.10 Å². The minimum atomic E-state index is -0.0887. The van der Waals surface area contributed by atoms with E-state index in [1.54, 1.807) is 22.6 Å². The molecular weight excluding hydrogens is 306 g/mol. The highest BCUT2D eigenvalue weighted by molar-refractivity contribution is 7.99. The van der Waals surface area contributed by atoms with Crippen molar-refractivity contribution in [2.45, 2.75) is 23.3 Å². The van der Waals surface area contributed by atoms with Crippen LogP contribution in [0.15, 0.2) is 76.7 Å². The highest BCUT2D eigenvalue weighted by atomic mass is 32.2. The van der Waals surface area contributed by atoms with Gasteiger partial charge in [0.05, 0.1) is 11.4 Å². The summed E-state index contributed by atoms with van der Waals surface area (Å²) in [6.45, 7) is 2.11. The summed E-state index contributed by atoms with van der Waals surface area (Å²) in [5.74, 6) is -0.0887. The van der Waals surface area contributed by atoms with E-state index in [9.17, 15) is 4.79 Å². The summed E-state index contributed by atoms with van der Waals surface area (Å²) in [5, 5.41) is 7.20. The number of carbonyl (C=O) groups is 1. The van der Waals surface area contributed by atoms with Gasteiger partial charge < -0.3 is 5.32 Å². The van der Waals surface area contributed by atoms with Crippen molar-refractivity contribution in [3.05, 3.63) is 72.6 Å². The van der Waals surface area contributed by atoms with Crippen molar-refractivity contribution in [2.75, 3.05) is 5.32 Å². The highest BCUT2D eigenvalue weighted by Crippen LogP contribution is 2.33. The van der Waals surface area contributed by atoms with Gasteiger partial charge in [0.15, 0.2) is 0 Å². The van der Waals surface area contributed by atoms with Gasteiger partial charge >= 0.3 is 0 Å². The minimum Gasteiger partial charge on any atom is -0.323 e. The molecule has 0 radical (unpaired) electrons. The molecule has 116 valence electrons. The van der Waals surface area contributed by atoms with Crippen molar-refractivity contribution >= 4 is 23.4 Å². The van der Waals surface area contributed by atoms with E-state index in [-0.39, 0.29) is 12.5 Å². The molecule has 3 aromatic rings. The zero-order chi connectivity index (χ0) is 16.1. The van der Waals surface area contributed by atoms with Crippen LogP contribution in [0.2, 0.25) is 0 Å². The summed E-state index contributed by atoms with van der Waals surface area (Å²) in [6.07, 6.45) is 1.81. The molecule has 1 amide bonds. The van der Waals surface area contributed by atoms with E-state index in [1.165, 1.54) is 0 Å². The highest BCUT2D eigenvalue weighted by Gasteiger charge is 2.09. The predicted molar refractivity (Wildman–Crippen MR) is 92.6 cm³/mol. The molecule has 0 fully saturated rings. The van der Waals surface area contributed by atoms with E-state index in [0.29, 0.717) is 0 Å². The maximum absolute atomic E-state index is 12.2. The lowest BCUT2D eigenvalue weighted by atomic mass is 10.3. The molecule has 0 saturated carbocycles. The van der Waals surface area contributed by atoms with Gasteiger partial charge in [-0.1, -0.05) is 42.1 Å². The van der Waals surface area contributed by atoms with Gasteiger partial charge in [-0.15, -0.1) is 0 Å². The Labute approximate surface area is 139 Å². The average Bonchev–Trinajstić information content (AvgIpc) is 2.95. The minimum absolute atomic E-state index is 0.0887. The third-order valence-corrected chi connectivity index (χ3v) is 4.30. The molecule has 5 heteroatoms. The Morgan fingerprint density at radius 2 is 1.83 bits per heavy atom. The third-order valence-electron chi connectivity index (χ3n) is 3.21. The molecule has 0 unspecified atom stereocenters. The molecule has 0 aliphatic carbocycles. The number of hydrogen-bond acceptors (Lipinski definition) is 3. The van der Waals surface area contributed by atoms with Crippen molar-refractivity contribution in [3.63, 3.8) is 0 Å². The molecule has 1 aromatic heterocycles. The first-order chi connectivity index (χ1) is 11.2. The maximum atomic E-state index is 12.2. The van der Waals surface area contributed by atoms with Gasteiger partial charge in [0.2, 0.25) is 5.91 Å². The molecule has 1 heterocycles. The molecular formula is C18H17N3OS. The lowest BCUT2D eigenvalue weighted by Crippen LogP contribution is -2.19. The summed E-state index contributed by atoms with van der Waals surface area (Å²) in [6, 6.07) is 19.8. The second kappa shape index (κ2) is 7.15. The van der Waals surface area contributed by atoms with Gasteiger partial charge in [0, 0.05) is 16.0 Å². The van der Waals surface area contributed by atoms with E-state index in [4.69, 9.17) is 0 Å². The number of carbonyl (C=O) groups excluding carboxylic acids is 1. The fourth-order valence-electron chi connectivity index (χ4n) is 2.16. The van der Waals surface area contributed by atoms with Gasteiger partial charge in [-0.25, -0.2) is 0 Å². The SMILES string of the molecule is Cc1ccn(CC(=O)Nc2ccccc2Sc2ccccc2)n1. The van der Waals surface area contributed by atoms with Crippen LogP contribution >= 0.6 is 11.8 Å². The number of nitrogens with one attached hydrogen (secondary N) is 1. The van der Waals surface area contributed by atoms with Crippen LogP contribution in [0.1, 0.15) is 5.69 Å². The molecule has 0 aliphatic heterocycles. The van der Waals surface area contributed by atoms with Crippen LogP contribution in [-0.4, -0.2) is 15.7 Å². The fourth-order valence-corrected chi connectivity index (χ4v) is 3.09. The molecule has 0 aliphatic rings. The number of rotatable bonds is 5. The topological polar surface area (TPSA) is 46.9 Å². The van der Waals surface area contributed by atoms with Crippen LogP contribution in [0.4, 0.5) is 5.69 Å². The van der Waals surface area contributed by atoms with Gasteiger partial charge in [-0.3, -0.25) is 9.48 Å². The van der Waals surface area contributed by atoms with Crippen LogP contribution in [0.5, 0.6) is 0 Å². The summed E-state index contributed by atoms with van der Waals surface area (Å²) >= 11 is 1.63. The normalized spacial score (nSPS) is 10.5. The number of anilines is 1. The maximum Gasteiger partial charge on any atom is 0.246 e. The zero-order valence-electron chi connectivity index (χ0n) is 12.8. The summed E-state index contributed by atoms with van der Waals surface area (Å²) < 4.78 is 1.64. The van der Waals surface area contributed by atoms with Gasteiger partial charge in [-0.05, 0) is 37.3 Å². The van der Waals surface area contributed by atoms with E-state index >= 15 is 0 Å². The lowest BCUT2D eigenvalue weighted by Gasteiger charge is -2.11. The smallest absolute Gasteiger partial charge is 0.246 e. The molecule has 0 atom stereocenters. The molecule has 0 bridgehead atoms. The Kier molecular flexibility index (Phi) is 4.78.